The van der Waals surface area contributed by atoms with Gasteiger partial charge in [0.25, 0.3) is 0 Å². The van der Waals surface area contributed by atoms with Gasteiger partial charge in [-0.05, 0) is 38.3 Å². The topological polar surface area (TPSA) is 66.1 Å². The molecule has 6 nitrogen and oxygen atoms in total. The van der Waals surface area contributed by atoms with Crippen LogP contribution in [0.15, 0.2) is 35.3 Å². The van der Waals surface area contributed by atoms with Crippen LogP contribution in [0.3, 0.4) is 0 Å². The number of hydrogen-bond acceptors (Lipinski definition) is 4. The Morgan fingerprint density at radius 1 is 1.21 bits per heavy atom. The number of aromatic nitrogens is 3. The molecule has 0 fully saturated rings. The van der Waals surface area contributed by atoms with E-state index in [1.165, 1.54) is 18.2 Å². The SMILES string of the molecule is CCOC(=O)Cn1c(CCc2cccc(F)c2F)cc(=O)c2cn(CC)nc21. The van der Waals surface area contributed by atoms with E-state index in [1.807, 2.05) is 6.92 Å². The molecule has 0 unspecified atom stereocenters. The smallest absolute Gasteiger partial charge is 0.326 e. The summed E-state index contributed by atoms with van der Waals surface area (Å²) in [6, 6.07) is 5.40. The lowest BCUT2D eigenvalue weighted by molar-refractivity contribution is -0.143. The third-order valence-electron chi connectivity index (χ3n) is 4.51. The van der Waals surface area contributed by atoms with Gasteiger partial charge in [-0.15, -0.1) is 0 Å². The minimum Gasteiger partial charge on any atom is -0.465 e. The molecular formula is C20H21F2N3O3. The summed E-state index contributed by atoms with van der Waals surface area (Å²) in [5, 5.41) is 4.79. The molecule has 0 saturated carbocycles. The molecular weight excluding hydrogens is 368 g/mol. The van der Waals surface area contributed by atoms with Crippen LogP contribution in [0, 0.1) is 11.6 Å². The van der Waals surface area contributed by atoms with E-state index in [9.17, 15) is 18.4 Å². The maximum absolute atomic E-state index is 14.0. The highest BCUT2D eigenvalue weighted by molar-refractivity contribution is 5.77. The van der Waals surface area contributed by atoms with Crippen LogP contribution in [0.2, 0.25) is 0 Å². The van der Waals surface area contributed by atoms with Gasteiger partial charge in [0.2, 0.25) is 0 Å². The third kappa shape index (κ3) is 3.95. The lowest BCUT2D eigenvalue weighted by Crippen LogP contribution is -2.21. The van der Waals surface area contributed by atoms with Crippen LogP contribution in [-0.4, -0.2) is 26.9 Å². The van der Waals surface area contributed by atoms with Crippen molar-refractivity contribution in [2.45, 2.75) is 39.8 Å². The average molecular weight is 389 g/mol. The Morgan fingerprint density at radius 2 is 2.00 bits per heavy atom. The van der Waals surface area contributed by atoms with Crippen molar-refractivity contribution in [1.29, 1.82) is 0 Å². The van der Waals surface area contributed by atoms with Crippen LogP contribution >= 0.6 is 0 Å². The summed E-state index contributed by atoms with van der Waals surface area (Å²) < 4.78 is 35.7. The molecule has 0 spiro atoms. The predicted molar refractivity (Wildman–Crippen MR) is 100 cm³/mol. The molecule has 2 heterocycles. The van der Waals surface area contributed by atoms with Gasteiger partial charge in [0.05, 0.1) is 12.0 Å². The van der Waals surface area contributed by atoms with E-state index in [1.54, 1.807) is 22.4 Å². The van der Waals surface area contributed by atoms with Crippen LogP contribution in [-0.2, 0) is 35.5 Å². The number of fused-ring (bicyclic) bond motifs is 1. The van der Waals surface area contributed by atoms with Gasteiger partial charge in [-0.25, -0.2) is 8.78 Å². The Morgan fingerprint density at radius 3 is 2.71 bits per heavy atom. The number of carbonyl (C=O) groups is 1. The summed E-state index contributed by atoms with van der Waals surface area (Å²) in [6.45, 7) is 4.27. The molecule has 3 aromatic rings. The number of rotatable bonds is 7. The molecule has 28 heavy (non-hydrogen) atoms. The summed E-state index contributed by atoms with van der Waals surface area (Å²) in [5.41, 5.74) is 0.853. The molecule has 8 heteroatoms. The van der Waals surface area contributed by atoms with Crippen molar-refractivity contribution in [1.82, 2.24) is 14.3 Å². The molecule has 0 bridgehead atoms. The molecule has 0 amide bonds. The van der Waals surface area contributed by atoms with Crippen LogP contribution in [0.4, 0.5) is 8.78 Å². The number of benzene rings is 1. The highest BCUT2D eigenvalue weighted by Gasteiger charge is 2.17. The number of halogens is 2. The second kappa shape index (κ2) is 8.33. The van der Waals surface area contributed by atoms with Gasteiger partial charge < -0.3 is 9.30 Å². The van der Waals surface area contributed by atoms with Crippen molar-refractivity contribution in [3.63, 3.8) is 0 Å². The van der Waals surface area contributed by atoms with Gasteiger partial charge in [-0.1, -0.05) is 12.1 Å². The fourth-order valence-corrected chi connectivity index (χ4v) is 3.11. The number of ether oxygens (including phenoxy) is 1. The summed E-state index contributed by atoms with van der Waals surface area (Å²) >= 11 is 0. The van der Waals surface area contributed by atoms with Crippen molar-refractivity contribution in [3.8, 4) is 0 Å². The van der Waals surface area contributed by atoms with E-state index in [0.717, 1.165) is 6.07 Å². The van der Waals surface area contributed by atoms with Gasteiger partial charge in [-0.2, -0.15) is 5.10 Å². The highest BCUT2D eigenvalue weighted by Crippen LogP contribution is 2.17. The normalized spacial score (nSPS) is 11.1. The summed E-state index contributed by atoms with van der Waals surface area (Å²) in [7, 11) is 0. The molecule has 148 valence electrons. The molecule has 0 N–H and O–H groups in total. The van der Waals surface area contributed by atoms with Gasteiger partial charge in [0.15, 0.2) is 22.7 Å². The van der Waals surface area contributed by atoms with Crippen molar-refractivity contribution in [2.75, 3.05) is 6.61 Å². The van der Waals surface area contributed by atoms with Crippen LogP contribution in [0.1, 0.15) is 25.1 Å². The zero-order valence-electron chi connectivity index (χ0n) is 15.7. The van der Waals surface area contributed by atoms with E-state index < -0.39 is 17.6 Å². The fraction of sp³-hybridized carbons (Fsp3) is 0.350. The zero-order chi connectivity index (χ0) is 20.3. The quantitative estimate of drug-likeness (QED) is 0.583. The van der Waals surface area contributed by atoms with Crippen molar-refractivity contribution < 1.29 is 18.3 Å². The maximum atomic E-state index is 14.0. The molecule has 1 aromatic carbocycles. The molecule has 2 aromatic heterocycles. The van der Waals surface area contributed by atoms with Gasteiger partial charge >= 0.3 is 5.97 Å². The second-order valence-electron chi connectivity index (χ2n) is 6.33. The number of esters is 1. The molecule has 0 saturated heterocycles. The lowest BCUT2D eigenvalue weighted by atomic mass is 10.1. The van der Waals surface area contributed by atoms with Gasteiger partial charge in [0, 0.05) is 24.5 Å². The minimum absolute atomic E-state index is 0.119. The van der Waals surface area contributed by atoms with E-state index >= 15 is 0 Å². The highest BCUT2D eigenvalue weighted by atomic mass is 19.2. The molecule has 0 aliphatic carbocycles. The van der Waals surface area contributed by atoms with Crippen molar-refractivity contribution in [3.05, 3.63) is 63.6 Å². The molecule has 0 radical (unpaired) electrons. The number of hydrogen-bond donors (Lipinski definition) is 0. The first kappa shape index (κ1) is 19.7. The van der Waals surface area contributed by atoms with Crippen LogP contribution in [0.25, 0.3) is 11.0 Å². The summed E-state index contributed by atoms with van der Waals surface area (Å²) in [6.07, 6.45) is 2.05. The molecule has 0 aliphatic heterocycles. The van der Waals surface area contributed by atoms with Crippen molar-refractivity contribution in [2.24, 2.45) is 0 Å². The van der Waals surface area contributed by atoms with Crippen molar-refractivity contribution >= 4 is 17.0 Å². The Kier molecular flexibility index (Phi) is 5.87. The largest absolute Gasteiger partial charge is 0.465 e. The Hall–Kier alpha value is -3.03. The van der Waals surface area contributed by atoms with Gasteiger partial charge in [-0.3, -0.25) is 14.3 Å². The Bertz CT molecular complexity index is 1070. The first-order chi connectivity index (χ1) is 13.4. The molecule has 0 atom stereocenters. The standard InChI is InChI=1S/C20H21F2N3O3/c1-3-24-11-15-17(26)10-14(9-8-13-6-5-7-16(21)19(13)22)25(20(15)23-24)12-18(27)28-4-2/h5-7,10-11H,3-4,8-9,12H2,1-2H3. The molecule has 3 rings (SSSR count). The maximum Gasteiger partial charge on any atom is 0.326 e. The van der Waals surface area contributed by atoms with E-state index in [2.05, 4.69) is 5.10 Å². The van der Waals surface area contributed by atoms with E-state index in [4.69, 9.17) is 4.74 Å². The van der Waals surface area contributed by atoms with Crippen LogP contribution in [0.5, 0.6) is 0 Å². The molecule has 0 aliphatic rings. The number of aryl methyl sites for hydroxylation is 3. The first-order valence-corrected chi connectivity index (χ1v) is 9.13. The van der Waals surface area contributed by atoms with E-state index in [0.29, 0.717) is 23.3 Å². The third-order valence-corrected chi connectivity index (χ3v) is 4.51. The predicted octanol–water partition coefficient (Wildman–Crippen LogP) is 2.84. The number of nitrogens with zero attached hydrogens (tertiary/aromatic N) is 3. The fourth-order valence-electron chi connectivity index (χ4n) is 3.11. The Balaban J connectivity index is 2.03. The van der Waals surface area contributed by atoms with Crippen LogP contribution < -0.4 is 5.43 Å². The minimum atomic E-state index is -0.918. The summed E-state index contributed by atoms with van der Waals surface area (Å²) in [4.78, 5) is 24.6. The van der Waals surface area contributed by atoms with E-state index in [-0.39, 0.29) is 37.0 Å². The number of pyridine rings is 1. The monoisotopic (exact) mass is 389 g/mol. The Labute approximate surface area is 160 Å². The van der Waals surface area contributed by atoms with Gasteiger partial charge in [0.1, 0.15) is 6.54 Å². The average Bonchev–Trinajstić information content (AvgIpc) is 3.11. The number of carbonyl (C=O) groups excluding carboxylic acids is 1. The first-order valence-electron chi connectivity index (χ1n) is 9.13. The lowest BCUT2D eigenvalue weighted by Gasteiger charge is -2.14. The second-order valence-corrected chi connectivity index (χ2v) is 6.33. The summed E-state index contributed by atoms with van der Waals surface area (Å²) in [5.74, 6) is -2.28. The zero-order valence-corrected chi connectivity index (χ0v) is 15.7.